The van der Waals surface area contributed by atoms with Crippen LogP contribution in [0, 0.1) is 17.8 Å². The van der Waals surface area contributed by atoms with Crippen LogP contribution in [0.25, 0.3) is 0 Å². The van der Waals surface area contributed by atoms with Crippen molar-refractivity contribution in [3.05, 3.63) is 35.9 Å². The van der Waals surface area contributed by atoms with Gasteiger partial charge in [0.1, 0.15) is 0 Å². The van der Waals surface area contributed by atoms with E-state index in [0.29, 0.717) is 12.5 Å². The molecular formula is C19H27N3O2. The van der Waals surface area contributed by atoms with Gasteiger partial charge < -0.3 is 16.0 Å². The van der Waals surface area contributed by atoms with E-state index in [1.54, 1.807) is 0 Å². The molecule has 24 heavy (non-hydrogen) atoms. The van der Waals surface area contributed by atoms with Crippen molar-refractivity contribution in [2.45, 2.75) is 45.2 Å². The Kier molecular flexibility index (Phi) is 5.38. The van der Waals surface area contributed by atoms with Crippen LogP contribution in [0.2, 0.25) is 0 Å². The zero-order chi connectivity index (χ0) is 16.9. The molecule has 1 aromatic carbocycles. The second kappa shape index (κ2) is 7.69. The Morgan fingerprint density at radius 2 is 1.92 bits per heavy atom. The molecule has 1 aromatic rings. The maximum Gasteiger partial charge on any atom is 0.315 e. The standard InChI is InChI=1S/C19H27N3O2/c1-13(17-10-15-7-8-16(17)9-15)22-18(23)12-21-19(24)20-11-14-5-3-2-4-6-14/h2-6,13,15-17H,7-12H2,1H3,(H,22,23)(H2,20,21,24)/t13-,15-,16-,17+/m0/s1. The van der Waals surface area contributed by atoms with Gasteiger partial charge in [-0.3, -0.25) is 4.79 Å². The Morgan fingerprint density at radius 1 is 1.12 bits per heavy atom. The van der Waals surface area contributed by atoms with Gasteiger partial charge in [0.25, 0.3) is 0 Å². The fourth-order valence-electron chi connectivity index (χ4n) is 4.32. The number of hydrogen-bond acceptors (Lipinski definition) is 2. The Morgan fingerprint density at radius 3 is 2.58 bits per heavy atom. The SMILES string of the molecule is C[C@H](NC(=O)CNC(=O)NCc1ccccc1)[C@H]1C[C@H]2CC[C@H]1C2. The summed E-state index contributed by atoms with van der Waals surface area (Å²) < 4.78 is 0. The Hall–Kier alpha value is -2.04. The van der Waals surface area contributed by atoms with Crippen LogP contribution in [0.15, 0.2) is 30.3 Å². The number of rotatable bonds is 6. The number of carbonyl (C=O) groups is 2. The van der Waals surface area contributed by atoms with Gasteiger partial charge >= 0.3 is 6.03 Å². The summed E-state index contributed by atoms with van der Waals surface area (Å²) in [6.45, 7) is 2.57. The lowest BCUT2D eigenvalue weighted by Crippen LogP contribution is -2.46. The molecule has 0 unspecified atom stereocenters. The smallest absolute Gasteiger partial charge is 0.315 e. The summed E-state index contributed by atoms with van der Waals surface area (Å²) in [5.41, 5.74) is 1.03. The van der Waals surface area contributed by atoms with Crippen molar-refractivity contribution >= 4 is 11.9 Å². The number of fused-ring (bicyclic) bond motifs is 2. The minimum atomic E-state index is -0.318. The predicted octanol–water partition coefficient (Wildman–Crippen LogP) is 2.43. The third-order valence-corrected chi connectivity index (χ3v) is 5.53. The molecule has 130 valence electrons. The molecule has 2 fully saturated rings. The molecule has 2 saturated carbocycles. The van der Waals surface area contributed by atoms with Crippen LogP contribution < -0.4 is 16.0 Å². The molecule has 0 spiro atoms. The van der Waals surface area contributed by atoms with Crippen LogP contribution in [0.3, 0.4) is 0 Å². The first kappa shape index (κ1) is 16.8. The first-order chi connectivity index (χ1) is 11.6. The lowest BCUT2D eigenvalue weighted by atomic mass is 9.84. The first-order valence-corrected chi connectivity index (χ1v) is 8.97. The fourth-order valence-corrected chi connectivity index (χ4v) is 4.32. The van der Waals surface area contributed by atoms with Crippen LogP contribution >= 0.6 is 0 Å². The van der Waals surface area contributed by atoms with E-state index >= 15 is 0 Å². The number of hydrogen-bond donors (Lipinski definition) is 3. The average molecular weight is 329 g/mol. The van der Waals surface area contributed by atoms with Crippen LogP contribution in [0.5, 0.6) is 0 Å². The van der Waals surface area contributed by atoms with E-state index in [1.165, 1.54) is 25.7 Å². The van der Waals surface area contributed by atoms with Gasteiger partial charge in [-0.1, -0.05) is 36.8 Å². The maximum atomic E-state index is 12.0. The van der Waals surface area contributed by atoms with Crippen molar-refractivity contribution in [1.29, 1.82) is 0 Å². The van der Waals surface area contributed by atoms with Gasteiger partial charge in [-0.2, -0.15) is 0 Å². The van der Waals surface area contributed by atoms with E-state index in [1.807, 2.05) is 30.3 Å². The van der Waals surface area contributed by atoms with E-state index in [0.717, 1.165) is 17.4 Å². The highest BCUT2D eigenvalue weighted by molar-refractivity contribution is 5.84. The second-order valence-corrected chi connectivity index (χ2v) is 7.22. The molecule has 2 aliphatic rings. The van der Waals surface area contributed by atoms with Crippen molar-refractivity contribution in [3.8, 4) is 0 Å². The van der Waals surface area contributed by atoms with Crippen molar-refractivity contribution in [2.24, 2.45) is 17.8 Å². The molecular weight excluding hydrogens is 302 g/mol. The minimum absolute atomic E-state index is 0.0196. The fraction of sp³-hybridized carbons (Fsp3) is 0.579. The summed E-state index contributed by atoms with van der Waals surface area (Å²) in [5, 5.41) is 8.43. The highest BCUT2D eigenvalue weighted by Gasteiger charge is 2.42. The number of amides is 3. The van der Waals surface area contributed by atoms with Gasteiger partial charge in [-0.15, -0.1) is 0 Å². The molecule has 4 atom stereocenters. The van der Waals surface area contributed by atoms with Crippen molar-refractivity contribution < 1.29 is 9.59 Å². The largest absolute Gasteiger partial charge is 0.352 e. The second-order valence-electron chi connectivity index (χ2n) is 7.22. The average Bonchev–Trinajstić information content (AvgIpc) is 3.22. The highest BCUT2D eigenvalue weighted by atomic mass is 16.2. The van der Waals surface area contributed by atoms with Crippen molar-refractivity contribution in [2.75, 3.05) is 6.54 Å². The third-order valence-electron chi connectivity index (χ3n) is 5.53. The molecule has 5 heteroatoms. The van der Waals surface area contributed by atoms with Gasteiger partial charge in [0.15, 0.2) is 0 Å². The van der Waals surface area contributed by atoms with Crippen LogP contribution in [0.1, 0.15) is 38.2 Å². The van der Waals surface area contributed by atoms with E-state index in [4.69, 9.17) is 0 Å². The first-order valence-electron chi connectivity index (χ1n) is 8.97. The zero-order valence-corrected chi connectivity index (χ0v) is 14.3. The monoisotopic (exact) mass is 329 g/mol. The Balaban J connectivity index is 1.34. The third kappa shape index (κ3) is 4.28. The topological polar surface area (TPSA) is 70.2 Å². The molecule has 0 aliphatic heterocycles. The molecule has 3 amide bonds. The van der Waals surface area contributed by atoms with E-state index in [9.17, 15) is 9.59 Å². The summed E-state index contributed by atoms with van der Waals surface area (Å²) in [5.74, 6) is 2.16. The molecule has 3 rings (SSSR count). The highest BCUT2D eigenvalue weighted by Crippen LogP contribution is 2.49. The zero-order valence-electron chi connectivity index (χ0n) is 14.3. The van der Waals surface area contributed by atoms with E-state index in [-0.39, 0.29) is 24.5 Å². The predicted molar refractivity (Wildman–Crippen MR) is 93.2 cm³/mol. The molecule has 3 N–H and O–H groups in total. The van der Waals surface area contributed by atoms with Gasteiger partial charge in [0.2, 0.25) is 5.91 Å². The van der Waals surface area contributed by atoms with Gasteiger partial charge in [-0.25, -0.2) is 4.79 Å². The number of nitrogens with one attached hydrogen (secondary N) is 3. The van der Waals surface area contributed by atoms with Crippen LogP contribution in [-0.2, 0) is 11.3 Å². The number of benzene rings is 1. The Labute approximate surface area is 143 Å². The van der Waals surface area contributed by atoms with Crippen molar-refractivity contribution in [3.63, 3.8) is 0 Å². The lowest BCUT2D eigenvalue weighted by molar-refractivity contribution is -0.121. The van der Waals surface area contributed by atoms with Crippen LogP contribution in [-0.4, -0.2) is 24.5 Å². The summed E-state index contributed by atoms with van der Waals surface area (Å²) in [7, 11) is 0. The normalized spacial score (nSPS) is 26.0. The van der Waals surface area contributed by atoms with Crippen molar-refractivity contribution in [1.82, 2.24) is 16.0 Å². The van der Waals surface area contributed by atoms with E-state index < -0.39 is 0 Å². The quantitative estimate of drug-likeness (QED) is 0.750. The minimum Gasteiger partial charge on any atom is -0.352 e. The molecule has 0 radical (unpaired) electrons. The molecule has 5 nitrogen and oxygen atoms in total. The maximum absolute atomic E-state index is 12.0. The molecule has 0 heterocycles. The summed E-state index contributed by atoms with van der Waals surface area (Å²) in [6.07, 6.45) is 5.27. The summed E-state index contributed by atoms with van der Waals surface area (Å²) >= 11 is 0. The number of urea groups is 1. The van der Waals surface area contributed by atoms with Gasteiger partial charge in [-0.05, 0) is 49.5 Å². The molecule has 2 aliphatic carbocycles. The Bertz CT molecular complexity index is 575. The van der Waals surface area contributed by atoms with Crippen LogP contribution in [0.4, 0.5) is 4.79 Å². The molecule has 2 bridgehead atoms. The van der Waals surface area contributed by atoms with E-state index in [2.05, 4.69) is 22.9 Å². The summed E-state index contributed by atoms with van der Waals surface area (Å²) in [4.78, 5) is 23.8. The summed E-state index contributed by atoms with van der Waals surface area (Å²) in [6, 6.07) is 9.57. The molecule has 0 saturated heterocycles. The molecule has 0 aromatic heterocycles. The lowest BCUT2D eigenvalue weighted by Gasteiger charge is -2.28. The van der Waals surface area contributed by atoms with Gasteiger partial charge in [0.05, 0.1) is 6.54 Å². The van der Waals surface area contributed by atoms with Gasteiger partial charge in [0, 0.05) is 12.6 Å². The number of carbonyl (C=O) groups excluding carboxylic acids is 2.